The van der Waals surface area contributed by atoms with Crippen molar-refractivity contribution in [3.63, 3.8) is 0 Å². The van der Waals surface area contributed by atoms with Crippen molar-refractivity contribution >= 4 is 22.4 Å². The second-order valence-corrected chi connectivity index (χ2v) is 8.65. The van der Waals surface area contributed by atoms with Gasteiger partial charge in [0, 0.05) is 24.7 Å². The Morgan fingerprint density at radius 2 is 1.97 bits per heavy atom. The molecule has 0 aliphatic carbocycles. The van der Waals surface area contributed by atoms with Crippen LogP contribution in [-0.2, 0) is 10.3 Å². The van der Waals surface area contributed by atoms with E-state index < -0.39 is 34.6 Å². The van der Waals surface area contributed by atoms with E-state index in [4.69, 9.17) is 4.74 Å². The number of nitrogens with one attached hydrogen (secondary N) is 2. The van der Waals surface area contributed by atoms with Gasteiger partial charge < -0.3 is 20.1 Å². The van der Waals surface area contributed by atoms with Crippen LogP contribution in [0.4, 0.5) is 24.7 Å². The van der Waals surface area contributed by atoms with Gasteiger partial charge in [0.05, 0.1) is 35.8 Å². The summed E-state index contributed by atoms with van der Waals surface area (Å²) in [5.41, 5.74) is -3.89. The summed E-state index contributed by atoms with van der Waals surface area (Å²) in [6.07, 6.45) is -1.86. The molecule has 1 unspecified atom stereocenters. The number of H-pyrrole nitrogens is 1. The van der Waals surface area contributed by atoms with E-state index in [1.807, 2.05) is 0 Å². The Labute approximate surface area is 208 Å². The van der Waals surface area contributed by atoms with Crippen LogP contribution in [0.2, 0.25) is 0 Å². The highest BCUT2D eigenvalue weighted by molar-refractivity contribution is 5.91. The average Bonchev–Trinajstić information content (AvgIpc) is 3.27. The minimum absolute atomic E-state index is 0.169. The smallest absolute Gasteiger partial charge is 0.379 e. The zero-order valence-electron chi connectivity index (χ0n) is 19.2. The molecule has 0 spiro atoms. The van der Waals surface area contributed by atoms with E-state index >= 15 is 0 Å². The fourth-order valence-corrected chi connectivity index (χ4v) is 4.52. The number of aliphatic hydroxyl groups is 1. The zero-order valence-corrected chi connectivity index (χ0v) is 19.2. The van der Waals surface area contributed by atoms with Crippen LogP contribution in [0.5, 0.6) is 0 Å². The molecule has 0 amide bonds. The van der Waals surface area contributed by atoms with Gasteiger partial charge in [0.25, 0.3) is 5.56 Å². The molecule has 0 radical (unpaired) electrons. The number of hydrogen-bond donors (Lipinski definition) is 3. The molecule has 1 aromatic carbocycles. The van der Waals surface area contributed by atoms with E-state index in [9.17, 15) is 28.3 Å². The first-order valence-electron chi connectivity index (χ1n) is 11.4. The Balaban J connectivity index is 1.52. The van der Waals surface area contributed by atoms with Gasteiger partial charge in [-0.05, 0) is 42.3 Å². The van der Waals surface area contributed by atoms with Gasteiger partial charge in [0.15, 0.2) is 5.82 Å². The maximum absolute atomic E-state index is 14.0. The van der Waals surface area contributed by atoms with Gasteiger partial charge in [-0.1, -0.05) is 18.2 Å². The molecule has 4 aromatic rings. The van der Waals surface area contributed by atoms with Crippen molar-refractivity contribution < 1.29 is 23.0 Å². The number of rotatable bonds is 5. The van der Waals surface area contributed by atoms with E-state index in [1.165, 1.54) is 36.7 Å². The third kappa shape index (κ3) is 4.22. The molecule has 9 nitrogen and oxygen atoms in total. The highest BCUT2D eigenvalue weighted by Crippen LogP contribution is 2.43. The first-order valence-corrected chi connectivity index (χ1v) is 11.4. The summed E-state index contributed by atoms with van der Waals surface area (Å²) in [5.74, 6) is -0.197. The molecule has 5 rings (SSSR count). The number of ether oxygens (including phenoxy) is 1. The van der Waals surface area contributed by atoms with Crippen molar-refractivity contribution in [2.24, 2.45) is 5.92 Å². The van der Waals surface area contributed by atoms with Gasteiger partial charge in [0.2, 0.25) is 5.60 Å². The van der Waals surface area contributed by atoms with Crippen LogP contribution in [0.1, 0.15) is 23.7 Å². The number of nitriles is 1. The molecule has 1 aliphatic heterocycles. The number of anilines is 2. The third-order valence-corrected chi connectivity index (χ3v) is 6.45. The lowest BCUT2D eigenvalue weighted by Crippen LogP contribution is -2.44. The molecule has 1 fully saturated rings. The van der Waals surface area contributed by atoms with Crippen molar-refractivity contribution in [2.45, 2.75) is 24.2 Å². The number of aromatic nitrogens is 4. The Bertz CT molecular complexity index is 1510. The van der Waals surface area contributed by atoms with E-state index in [-0.39, 0.29) is 23.7 Å². The Hall–Kier alpha value is -4.21. The van der Waals surface area contributed by atoms with Crippen molar-refractivity contribution in [3.8, 4) is 6.07 Å². The van der Waals surface area contributed by atoms with E-state index in [1.54, 1.807) is 10.7 Å². The van der Waals surface area contributed by atoms with Crippen LogP contribution in [0.15, 0.2) is 65.7 Å². The van der Waals surface area contributed by atoms with Gasteiger partial charge in [0.1, 0.15) is 5.39 Å². The topological polar surface area (TPSA) is 129 Å². The minimum atomic E-state index is -5.03. The number of halogens is 3. The number of pyridine rings is 2. The molecule has 1 aliphatic rings. The third-order valence-electron chi connectivity index (χ3n) is 6.45. The van der Waals surface area contributed by atoms with Crippen LogP contribution in [0, 0.1) is 17.2 Å². The van der Waals surface area contributed by atoms with Crippen LogP contribution < -0.4 is 10.9 Å². The van der Waals surface area contributed by atoms with Gasteiger partial charge in [-0.3, -0.25) is 14.5 Å². The normalized spacial score (nSPS) is 19.8. The quantitative estimate of drug-likeness (QED) is 0.373. The van der Waals surface area contributed by atoms with Crippen LogP contribution in [-0.4, -0.2) is 44.2 Å². The number of benzene rings is 1. The molecule has 4 heterocycles. The summed E-state index contributed by atoms with van der Waals surface area (Å²) in [5, 5.41) is 28.1. The Morgan fingerprint density at radius 1 is 1.19 bits per heavy atom. The molecule has 3 atom stereocenters. The minimum Gasteiger partial charge on any atom is -0.379 e. The molecular formula is C25H21F3N6O3. The first-order chi connectivity index (χ1) is 17.7. The number of aromatic amines is 1. The fraction of sp³-hybridized carbons (Fsp3) is 0.280. The molecule has 3 N–H and O–H groups in total. The SMILES string of the molecule is N#C[C@H]1CCOC[C@@H]1n1nc(Nc2ccc(C(O)(c3ccccn3)C(F)(F)F)cc2)c2c(=O)[nH]ccc21. The Morgan fingerprint density at radius 3 is 2.65 bits per heavy atom. The lowest BCUT2D eigenvalue weighted by atomic mass is 9.89. The summed E-state index contributed by atoms with van der Waals surface area (Å²) in [6.45, 7) is 0.703. The highest BCUT2D eigenvalue weighted by atomic mass is 19.4. The van der Waals surface area contributed by atoms with Crippen molar-refractivity contribution in [1.82, 2.24) is 19.7 Å². The number of hydrogen-bond acceptors (Lipinski definition) is 7. The summed E-state index contributed by atoms with van der Waals surface area (Å²) < 4.78 is 49.1. The predicted molar refractivity (Wildman–Crippen MR) is 127 cm³/mol. The van der Waals surface area contributed by atoms with Crippen LogP contribution in [0.25, 0.3) is 10.9 Å². The largest absolute Gasteiger partial charge is 0.427 e. The van der Waals surface area contributed by atoms with Crippen LogP contribution in [0.3, 0.4) is 0 Å². The average molecular weight is 510 g/mol. The van der Waals surface area contributed by atoms with Gasteiger partial charge >= 0.3 is 6.18 Å². The Kier molecular flexibility index (Phi) is 6.18. The number of fused-ring (bicyclic) bond motifs is 1. The second kappa shape index (κ2) is 9.34. The molecule has 0 saturated carbocycles. The zero-order chi connectivity index (χ0) is 26.2. The lowest BCUT2D eigenvalue weighted by Gasteiger charge is -2.30. The summed E-state index contributed by atoms with van der Waals surface area (Å²) in [4.78, 5) is 19.0. The van der Waals surface area contributed by atoms with Crippen molar-refractivity contribution in [3.05, 3.63) is 82.5 Å². The van der Waals surface area contributed by atoms with Crippen LogP contribution >= 0.6 is 0 Å². The molecule has 190 valence electrons. The summed E-state index contributed by atoms with van der Waals surface area (Å²) >= 11 is 0. The standard InChI is InChI=1S/C25H21F3N6O3/c26-25(27,28)24(36,20-3-1-2-10-30-20)16-4-6-17(7-5-16)32-22-21-18(8-11-31-23(21)35)34(33-22)19-14-37-12-9-15(19)13-29/h1-8,10-11,15,19,36H,9,12,14H2,(H,31,35)(H,32,33)/t15-,19+,24?/m1/s1. The van der Waals surface area contributed by atoms with Crippen molar-refractivity contribution in [1.29, 1.82) is 5.26 Å². The number of nitrogens with zero attached hydrogens (tertiary/aromatic N) is 4. The van der Waals surface area contributed by atoms with Gasteiger partial charge in [-0.2, -0.15) is 23.5 Å². The maximum atomic E-state index is 14.0. The first kappa shape index (κ1) is 24.5. The summed E-state index contributed by atoms with van der Waals surface area (Å²) in [6, 6.07) is 12.4. The molecule has 0 bridgehead atoms. The predicted octanol–water partition coefficient (Wildman–Crippen LogP) is 3.76. The monoisotopic (exact) mass is 510 g/mol. The molecular weight excluding hydrogens is 489 g/mol. The van der Waals surface area contributed by atoms with Gasteiger partial charge in [-0.15, -0.1) is 0 Å². The molecule has 12 heteroatoms. The van der Waals surface area contributed by atoms with E-state index in [0.29, 0.717) is 24.2 Å². The molecule has 37 heavy (non-hydrogen) atoms. The number of alkyl halides is 3. The second-order valence-electron chi connectivity index (χ2n) is 8.65. The van der Waals surface area contributed by atoms with E-state index in [0.717, 1.165) is 18.2 Å². The van der Waals surface area contributed by atoms with E-state index in [2.05, 4.69) is 26.5 Å². The highest BCUT2D eigenvalue weighted by Gasteiger charge is 2.57. The lowest BCUT2D eigenvalue weighted by molar-refractivity contribution is -0.249. The molecule has 1 saturated heterocycles. The van der Waals surface area contributed by atoms with Crippen molar-refractivity contribution in [2.75, 3.05) is 18.5 Å². The summed E-state index contributed by atoms with van der Waals surface area (Å²) in [7, 11) is 0. The molecule has 3 aromatic heterocycles. The maximum Gasteiger partial charge on any atom is 0.427 e. The van der Waals surface area contributed by atoms with Gasteiger partial charge in [-0.25, -0.2) is 0 Å². The fourth-order valence-electron chi connectivity index (χ4n) is 4.52.